The third kappa shape index (κ3) is 4.56. The number of esters is 1. The predicted molar refractivity (Wildman–Crippen MR) is 116 cm³/mol. The zero-order valence-corrected chi connectivity index (χ0v) is 19.6. The molecule has 2 atom stereocenters. The Kier molecular flexibility index (Phi) is 6.48. The Morgan fingerprint density at radius 2 is 1.81 bits per heavy atom. The van der Waals surface area contributed by atoms with Crippen molar-refractivity contribution in [1.82, 2.24) is 10.2 Å². The molecule has 2 aliphatic rings. The molecule has 0 aromatic heterocycles. The molecule has 0 unspecified atom stereocenters. The minimum Gasteiger partial charge on any atom is -0.461 e. The van der Waals surface area contributed by atoms with E-state index < -0.39 is 51.5 Å². The van der Waals surface area contributed by atoms with Gasteiger partial charge in [0, 0.05) is 26.2 Å². The lowest BCUT2D eigenvalue weighted by Gasteiger charge is -2.48. The van der Waals surface area contributed by atoms with Crippen molar-refractivity contribution in [1.29, 1.82) is 0 Å². The molecule has 0 saturated carbocycles. The van der Waals surface area contributed by atoms with Crippen molar-refractivity contribution in [2.75, 3.05) is 19.5 Å². The maximum absolute atomic E-state index is 13.1. The summed E-state index contributed by atoms with van der Waals surface area (Å²) in [5, 5.41) is 1.47. The number of methoxy groups -OCH3 is 1. The fourth-order valence-electron chi connectivity index (χ4n) is 3.77. The van der Waals surface area contributed by atoms with E-state index in [1.165, 1.54) is 14.0 Å². The molecule has 174 valence electrons. The van der Waals surface area contributed by atoms with Crippen LogP contribution in [0.3, 0.4) is 0 Å². The third-order valence-electron chi connectivity index (χ3n) is 5.51. The highest BCUT2D eigenvalue weighted by atomic mass is 32.2. The fourth-order valence-corrected chi connectivity index (χ4v) is 5.78. The van der Waals surface area contributed by atoms with Crippen molar-refractivity contribution >= 4 is 27.6 Å². The number of nitrogens with one attached hydrogen (secondary N) is 1. The first-order chi connectivity index (χ1) is 14.9. The van der Waals surface area contributed by atoms with Crippen LogP contribution in [-0.2, 0) is 45.7 Å². The molecule has 3 rings (SSSR count). The summed E-state index contributed by atoms with van der Waals surface area (Å²) in [5.74, 6) is -2.37. The highest BCUT2D eigenvalue weighted by Crippen LogP contribution is 2.38. The molecule has 1 aromatic carbocycles. The molecular weight excluding hydrogens is 436 g/mol. The van der Waals surface area contributed by atoms with E-state index in [0.29, 0.717) is 0 Å². The molecule has 9 nitrogen and oxygen atoms in total. The number of hydrogen-bond donors (Lipinski definition) is 1. The lowest BCUT2D eigenvalue weighted by molar-refractivity contribution is -0.160. The van der Waals surface area contributed by atoms with Crippen molar-refractivity contribution < 1.29 is 32.3 Å². The maximum atomic E-state index is 13.1. The Morgan fingerprint density at radius 1 is 1.19 bits per heavy atom. The fraction of sp³-hybridized carbons (Fsp3) is 0.500. The summed E-state index contributed by atoms with van der Waals surface area (Å²) in [6, 6.07) is 7.77. The summed E-state index contributed by atoms with van der Waals surface area (Å²) in [4.78, 5) is 37.8. The summed E-state index contributed by atoms with van der Waals surface area (Å²) >= 11 is 0. The molecule has 0 spiro atoms. The lowest BCUT2D eigenvalue weighted by Crippen LogP contribution is -2.71. The van der Waals surface area contributed by atoms with Crippen molar-refractivity contribution in [2.24, 2.45) is 0 Å². The van der Waals surface area contributed by atoms with Gasteiger partial charge in [0.1, 0.15) is 12.3 Å². The molecule has 2 amide bonds. The van der Waals surface area contributed by atoms with Crippen molar-refractivity contribution in [2.45, 2.75) is 51.1 Å². The SMILES string of the molecule is CO[C@H]1C(=O)N2C(C(=O)NCc3ccc(C(C)(C)C)cc3)=C(COC(C)=O)CS(=O)(=O)[C@H]12. The number of β-lactam (4-membered cyclic amide) rings is 1. The second-order valence-corrected chi connectivity index (χ2v) is 11.0. The van der Waals surface area contributed by atoms with Gasteiger partial charge < -0.3 is 14.8 Å². The number of carbonyl (C=O) groups excluding carboxylic acids is 3. The molecule has 32 heavy (non-hydrogen) atoms. The van der Waals surface area contributed by atoms with Crippen LogP contribution in [0.25, 0.3) is 0 Å². The second kappa shape index (κ2) is 8.67. The molecule has 1 aromatic rings. The smallest absolute Gasteiger partial charge is 0.302 e. The molecule has 0 bridgehead atoms. The molecule has 1 fully saturated rings. The highest BCUT2D eigenvalue weighted by Gasteiger charge is 2.60. The van der Waals surface area contributed by atoms with Crippen molar-refractivity contribution in [3.8, 4) is 0 Å². The molecular formula is C22H28N2O7S. The van der Waals surface area contributed by atoms with E-state index in [2.05, 4.69) is 26.1 Å². The number of ether oxygens (including phenoxy) is 2. The van der Waals surface area contributed by atoms with Gasteiger partial charge in [0.2, 0.25) is 0 Å². The average Bonchev–Trinajstić information content (AvgIpc) is 2.70. The largest absolute Gasteiger partial charge is 0.461 e. The molecule has 10 heteroatoms. The Hall–Kier alpha value is -2.72. The van der Waals surface area contributed by atoms with Crippen LogP contribution >= 0.6 is 0 Å². The highest BCUT2D eigenvalue weighted by molar-refractivity contribution is 7.92. The van der Waals surface area contributed by atoms with Gasteiger partial charge in [0.05, 0.1) is 5.75 Å². The van der Waals surface area contributed by atoms with Crippen molar-refractivity contribution in [3.05, 3.63) is 46.7 Å². The Labute approximate surface area is 187 Å². The molecule has 0 aliphatic carbocycles. The van der Waals surface area contributed by atoms with Gasteiger partial charge in [-0.15, -0.1) is 0 Å². The van der Waals surface area contributed by atoms with Crippen LogP contribution in [0.2, 0.25) is 0 Å². The average molecular weight is 465 g/mol. The summed E-state index contributed by atoms with van der Waals surface area (Å²) in [7, 11) is -2.57. The second-order valence-electron chi connectivity index (χ2n) is 8.92. The number of benzene rings is 1. The van der Waals surface area contributed by atoms with E-state index in [1.54, 1.807) is 0 Å². The predicted octanol–water partition coefficient (Wildman–Crippen LogP) is 1.03. The Balaban J connectivity index is 1.86. The summed E-state index contributed by atoms with van der Waals surface area (Å²) < 4.78 is 35.4. The van der Waals surface area contributed by atoms with E-state index >= 15 is 0 Å². The van der Waals surface area contributed by atoms with Gasteiger partial charge >= 0.3 is 5.97 Å². The van der Waals surface area contributed by atoms with Crippen LogP contribution in [0.15, 0.2) is 35.5 Å². The number of amides is 2. The summed E-state index contributed by atoms with van der Waals surface area (Å²) in [6.45, 7) is 7.27. The number of fused-ring (bicyclic) bond motifs is 1. The van der Waals surface area contributed by atoms with E-state index in [4.69, 9.17) is 9.47 Å². The van der Waals surface area contributed by atoms with Gasteiger partial charge in [-0.25, -0.2) is 8.42 Å². The Morgan fingerprint density at radius 3 is 2.34 bits per heavy atom. The minimum atomic E-state index is -3.82. The van der Waals surface area contributed by atoms with Gasteiger partial charge in [0.15, 0.2) is 21.3 Å². The quantitative estimate of drug-likeness (QED) is 0.493. The van der Waals surface area contributed by atoms with Gasteiger partial charge in [-0.1, -0.05) is 45.0 Å². The number of rotatable bonds is 6. The topological polar surface area (TPSA) is 119 Å². The van der Waals surface area contributed by atoms with Gasteiger partial charge in [-0.2, -0.15) is 0 Å². The molecule has 2 aliphatic heterocycles. The van der Waals surface area contributed by atoms with E-state index in [1.807, 2.05) is 24.3 Å². The van der Waals surface area contributed by atoms with Gasteiger partial charge in [-0.3, -0.25) is 19.3 Å². The third-order valence-corrected chi connectivity index (χ3v) is 7.45. The molecule has 0 radical (unpaired) electrons. The standard InChI is InChI=1S/C22H28N2O7S/c1-13(25)31-11-15-12-32(28,29)21-18(30-5)20(27)24(21)17(15)19(26)23-10-14-6-8-16(9-7-14)22(2,3)4/h6-9,18,21H,10-12H2,1-5H3,(H,23,26)/t18-,21+/m0/s1. The van der Waals surface area contributed by atoms with Crippen LogP contribution in [0.4, 0.5) is 0 Å². The normalized spacial score (nSPS) is 22.2. The number of carbonyl (C=O) groups is 3. The van der Waals surface area contributed by atoms with E-state index in [9.17, 15) is 22.8 Å². The van der Waals surface area contributed by atoms with Crippen LogP contribution in [0.5, 0.6) is 0 Å². The number of nitrogens with zero attached hydrogens (tertiary/aromatic N) is 1. The first kappa shape index (κ1) is 23.9. The lowest BCUT2D eigenvalue weighted by atomic mass is 9.87. The molecule has 1 saturated heterocycles. The zero-order chi connectivity index (χ0) is 23.8. The van der Waals surface area contributed by atoms with Crippen LogP contribution in [0.1, 0.15) is 38.8 Å². The molecule has 1 N–H and O–H groups in total. The first-order valence-corrected chi connectivity index (χ1v) is 11.9. The minimum absolute atomic E-state index is 0.00341. The van der Waals surface area contributed by atoms with Gasteiger partial charge in [-0.05, 0) is 16.5 Å². The summed E-state index contributed by atoms with van der Waals surface area (Å²) in [5.41, 5.74) is 1.95. The number of sulfone groups is 1. The van der Waals surface area contributed by atoms with Crippen LogP contribution < -0.4 is 5.32 Å². The van der Waals surface area contributed by atoms with E-state index in [0.717, 1.165) is 16.0 Å². The van der Waals surface area contributed by atoms with E-state index in [-0.39, 0.29) is 23.2 Å². The van der Waals surface area contributed by atoms with Crippen LogP contribution in [-0.4, -0.2) is 62.0 Å². The number of hydrogen-bond acceptors (Lipinski definition) is 7. The van der Waals surface area contributed by atoms with Gasteiger partial charge in [0.25, 0.3) is 11.8 Å². The van der Waals surface area contributed by atoms with Crippen molar-refractivity contribution in [3.63, 3.8) is 0 Å². The zero-order valence-electron chi connectivity index (χ0n) is 18.8. The summed E-state index contributed by atoms with van der Waals surface area (Å²) in [6.07, 6.45) is -1.16. The van der Waals surface area contributed by atoms with Crippen LogP contribution in [0, 0.1) is 0 Å². The first-order valence-electron chi connectivity index (χ1n) is 10.2. The molecule has 2 heterocycles. The monoisotopic (exact) mass is 464 g/mol. The maximum Gasteiger partial charge on any atom is 0.302 e. The Bertz CT molecular complexity index is 1070.